The molecule has 108 valence electrons. The van der Waals surface area contributed by atoms with Crippen LogP contribution in [0.1, 0.15) is 56.2 Å². The Morgan fingerprint density at radius 1 is 1.20 bits per heavy atom. The Hall–Kier alpha value is -1.51. The van der Waals surface area contributed by atoms with E-state index >= 15 is 0 Å². The van der Waals surface area contributed by atoms with Crippen molar-refractivity contribution in [3.8, 4) is 11.5 Å². The average Bonchev–Trinajstić information content (AvgIpc) is 2.61. The molecule has 0 bridgehead atoms. The molecule has 0 heterocycles. The van der Waals surface area contributed by atoms with Gasteiger partial charge in [0.25, 0.3) is 0 Å². The first kappa shape index (κ1) is 13.5. The molecule has 0 amide bonds. The molecule has 3 heteroatoms. The minimum absolute atomic E-state index is 0.0187. The molecule has 1 spiro atoms. The third-order valence-electron chi connectivity index (χ3n) is 5.04. The quantitative estimate of drug-likeness (QED) is 0.762. The SMILES string of the molecule is Cc1c(O)cc2c(c1O)[C@]1(CC2)CC(=O)CC(C)(C)C1. The molecular formula is C17H22O3. The van der Waals surface area contributed by atoms with E-state index in [2.05, 4.69) is 13.8 Å². The van der Waals surface area contributed by atoms with Gasteiger partial charge >= 0.3 is 0 Å². The van der Waals surface area contributed by atoms with Gasteiger partial charge in [0.2, 0.25) is 0 Å². The van der Waals surface area contributed by atoms with Gasteiger partial charge in [0.15, 0.2) is 0 Å². The van der Waals surface area contributed by atoms with Crippen LogP contribution in [0.25, 0.3) is 0 Å². The monoisotopic (exact) mass is 274 g/mol. The summed E-state index contributed by atoms with van der Waals surface area (Å²) in [6, 6.07) is 1.77. The Labute approximate surface area is 119 Å². The van der Waals surface area contributed by atoms with Crippen LogP contribution >= 0.6 is 0 Å². The second-order valence-corrected chi connectivity index (χ2v) is 7.42. The molecule has 0 radical (unpaired) electrons. The van der Waals surface area contributed by atoms with Gasteiger partial charge in [-0.3, -0.25) is 4.79 Å². The van der Waals surface area contributed by atoms with E-state index in [1.54, 1.807) is 13.0 Å². The van der Waals surface area contributed by atoms with E-state index in [0.29, 0.717) is 24.2 Å². The molecule has 20 heavy (non-hydrogen) atoms. The van der Waals surface area contributed by atoms with Crippen LogP contribution in [0.3, 0.4) is 0 Å². The molecule has 0 unspecified atom stereocenters. The Balaban J connectivity index is 2.17. The van der Waals surface area contributed by atoms with Gasteiger partial charge in [0.05, 0.1) is 0 Å². The van der Waals surface area contributed by atoms with Crippen LogP contribution in [0.4, 0.5) is 0 Å². The van der Waals surface area contributed by atoms with E-state index in [4.69, 9.17) is 0 Å². The van der Waals surface area contributed by atoms with E-state index in [0.717, 1.165) is 30.4 Å². The fourth-order valence-corrected chi connectivity index (χ4v) is 4.46. The second-order valence-electron chi connectivity index (χ2n) is 7.42. The van der Waals surface area contributed by atoms with E-state index in [9.17, 15) is 15.0 Å². The summed E-state index contributed by atoms with van der Waals surface area (Å²) >= 11 is 0. The van der Waals surface area contributed by atoms with Crippen LogP contribution in [0, 0.1) is 12.3 Å². The number of ketones is 1. The molecule has 3 nitrogen and oxygen atoms in total. The molecule has 1 aromatic rings. The molecule has 1 saturated carbocycles. The van der Waals surface area contributed by atoms with Crippen molar-refractivity contribution in [1.29, 1.82) is 0 Å². The van der Waals surface area contributed by atoms with Crippen molar-refractivity contribution in [3.63, 3.8) is 0 Å². The van der Waals surface area contributed by atoms with Crippen LogP contribution in [-0.4, -0.2) is 16.0 Å². The lowest BCUT2D eigenvalue weighted by Gasteiger charge is -2.43. The predicted molar refractivity (Wildman–Crippen MR) is 77.1 cm³/mol. The molecule has 3 rings (SSSR count). The van der Waals surface area contributed by atoms with E-state index in [1.165, 1.54) is 0 Å². The van der Waals surface area contributed by atoms with Crippen molar-refractivity contribution in [3.05, 3.63) is 22.8 Å². The summed E-state index contributed by atoms with van der Waals surface area (Å²) in [5.74, 6) is 0.641. The summed E-state index contributed by atoms with van der Waals surface area (Å²) in [5, 5.41) is 20.4. The second kappa shape index (κ2) is 4.00. The summed E-state index contributed by atoms with van der Waals surface area (Å²) < 4.78 is 0. The smallest absolute Gasteiger partial charge is 0.134 e. The highest BCUT2D eigenvalue weighted by molar-refractivity contribution is 5.82. The number of aryl methyl sites for hydroxylation is 1. The van der Waals surface area contributed by atoms with Gasteiger partial charge in [0, 0.05) is 29.4 Å². The maximum absolute atomic E-state index is 12.2. The maximum Gasteiger partial charge on any atom is 0.134 e. The average molecular weight is 274 g/mol. The summed E-state index contributed by atoms with van der Waals surface area (Å²) in [6.45, 7) is 6.00. The van der Waals surface area contributed by atoms with Crippen LogP contribution in [0.15, 0.2) is 6.07 Å². The van der Waals surface area contributed by atoms with Crippen molar-refractivity contribution in [2.24, 2.45) is 5.41 Å². The fourth-order valence-electron chi connectivity index (χ4n) is 4.46. The van der Waals surface area contributed by atoms with E-state index in [1.807, 2.05) is 0 Å². The standard InChI is InChI=1S/C17H22O3/c1-10-13(19)6-11-4-5-17(14(11)15(10)20)8-12(18)7-16(2,3)9-17/h6,19-20H,4-5,7-9H2,1-3H3/t17-/m1/s1. The van der Waals surface area contributed by atoms with Gasteiger partial charge in [-0.25, -0.2) is 0 Å². The van der Waals surface area contributed by atoms with Gasteiger partial charge in [-0.15, -0.1) is 0 Å². The molecular weight excluding hydrogens is 252 g/mol. The molecule has 0 saturated heterocycles. The zero-order chi connectivity index (χ0) is 14.7. The van der Waals surface area contributed by atoms with Crippen LogP contribution in [0.2, 0.25) is 0 Å². The van der Waals surface area contributed by atoms with Gasteiger partial charge in [-0.1, -0.05) is 13.8 Å². The number of rotatable bonds is 0. The van der Waals surface area contributed by atoms with E-state index in [-0.39, 0.29) is 22.3 Å². The molecule has 1 fully saturated rings. The van der Waals surface area contributed by atoms with Crippen molar-refractivity contribution in [2.45, 2.75) is 58.3 Å². The Morgan fingerprint density at radius 2 is 1.90 bits per heavy atom. The summed E-state index contributed by atoms with van der Waals surface area (Å²) in [6.07, 6.45) is 3.81. The first-order chi connectivity index (χ1) is 9.24. The molecule has 0 aliphatic heterocycles. The van der Waals surface area contributed by atoms with Crippen LogP contribution in [-0.2, 0) is 16.6 Å². The number of benzene rings is 1. The topological polar surface area (TPSA) is 57.5 Å². The zero-order valence-electron chi connectivity index (χ0n) is 12.4. The van der Waals surface area contributed by atoms with E-state index < -0.39 is 0 Å². The number of carbonyl (C=O) groups is 1. The summed E-state index contributed by atoms with van der Waals surface area (Å²) in [7, 11) is 0. The molecule has 1 aromatic carbocycles. The number of carbonyl (C=O) groups excluding carboxylic acids is 1. The number of phenolic OH excluding ortho intramolecular Hbond substituents is 2. The predicted octanol–water partition coefficient (Wildman–Crippen LogP) is 3.37. The fraction of sp³-hybridized carbons (Fsp3) is 0.588. The van der Waals surface area contributed by atoms with Crippen LogP contribution in [0.5, 0.6) is 11.5 Å². The van der Waals surface area contributed by atoms with Crippen molar-refractivity contribution < 1.29 is 15.0 Å². The highest BCUT2D eigenvalue weighted by atomic mass is 16.3. The Kier molecular flexibility index (Phi) is 2.69. The molecule has 2 aliphatic rings. The molecule has 0 aromatic heterocycles. The lowest BCUT2D eigenvalue weighted by Crippen LogP contribution is -2.39. The first-order valence-electron chi connectivity index (χ1n) is 7.31. The zero-order valence-corrected chi connectivity index (χ0v) is 12.4. The van der Waals surface area contributed by atoms with Gasteiger partial charge < -0.3 is 10.2 Å². The van der Waals surface area contributed by atoms with Gasteiger partial charge in [-0.2, -0.15) is 0 Å². The highest BCUT2D eigenvalue weighted by Crippen LogP contribution is 2.56. The number of phenols is 2. The van der Waals surface area contributed by atoms with Crippen LogP contribution < -0.4 is 0 Å². The number of Topliss-reactive ketones (excluding diaryl/α,β-unsaturated/α-hetero) is 1. The van der Waals surface area contributed by atoms with Gasteiger partial charge in [-0.05, 0) is 43.2 Å². The maximum atomic E-state index is 12.2. The Morgan fingerprint density at radius 3 is 2.55 bits per heavy atom. The third kappa shape index (κ3) is 1.83. The molecule has 2 aliphatic carbocycles. The van der Waals surface area contributed by atoms with Crippen molar-refractivity contribution in [2.75, 3.05) is 0 Å². The minimum Gasteiger partial charge on any atom is -0.508 e. The molecule has 2 N–H and O–H groups in total. The lowest BCUT2D eigenvalue weighted by molar-refractivity contribution is -0.125. The lowest BCUT2D eigenvalue weighted by atomic mass is 9.60. The first-order valence-corrected chi connectivity index (χ1v) is 7.31. The molecule has 1 atom stereocenters. The van der Waals surface area contributed by atoms with Gasteiger partial charge in [0.1, 0.15) is 17.3 Å². The minimum atomic E-state index is -0.225. The van der Waals surface area contributed by atoms with Crippen molar-refractivity contribution >= 4 is 5.78 Å². The number of fused-ring (bicyclic) bond motifs is 2. The summed E-state index contributed by atoms with van der Waals surface area (Å²) in [4.78, 5) is 12.2. The Bertz CT molecular complexity index is 601. The number of aromatic hydroxyl groups is 2. The largest absolute Gasteiger partial charge is 0.508 e. The normalized spacial score (nSPS) is 27.9. The number of hydrogen-bond acceptors (Lipinski definition) is 3. The third-order valence-corrected chi connectivity index (χ3v) is 5.04. The van der Waals surface area contributed by atoms with Crippen molar-refractivity contribution in [1.82, 2.24) is 0 Å². The highest BCUT2D eigenvalue weighted by Gasteiger charge is 2.49. The summed E-state index contributed by atoms with van der Waals surface area (Å²) in [5.41, 5.74) is 2.22. The number of hydrogen-bond donors (Lipinski definition) is 2.